The maximum absolute atomic E-state index is 11.7. The van der Waals surface area contributed by atoms with Crippen LogP contribution in [0.4, 0.5) is 0 Å². The average Bonchev–Trinajstić information content (AvgIpc) is 3.35. The number of rotatable bonds is 8. The molecule has 1 aromatic heterocycles. The van der Waals surface area contributed by atoms with Gasteiger partial charge in [0.25, 0.3) is 5.89 Å². The van der Waals surface area contributed by atoms with E-state index in [-0.39, 0.29) is 11.6 Å². The van der Waals surface area contributed by atoms with Gasteiger partial charge in [-0.2, -0.15) is 4.98 Å². The van der Waals surface area contributed by atoms with Gasteiger partial charge in [0.1, 0.15) is 5.75 Å². The monoisotopic (exact) mass is 556 g/mol. The van der Waals surface area contributed by atoms with Crippen LogP contribution in [-0.2, 0) is 11.3 Å². The Hall–Kier alpha value is -2.94. The number of aliphatic carboxylic acids is 1. The topological polar surface area (TPSA) is 115 Å². The minimum atomic E-state index is -0.666. The molecule has 0 saturated carbocycles. The van der Waals surface area contributed by atoms with Crippen molar-refractivity contribution in [2.45, 2.75) is 79.0 Å². The van der Waals surface area contributed by atoms with E-state index in [0.717, 1.165) is 30.8 Å². The molecule has 3 N–H and O–H groups in total. The number of hydrogen-bond acceptors (Lipinski definition) is 7. The number of likely N-dealkylation sites (tertiary alicyclic amines) is 1. The summed E-state index contributed by atoms with van der Waals surface area (Å²) in [6, 6.07) is 13.5. The van der Waals surface area contributed by atoms with E-state index in [1.165, 1.54) is 5.56 Å². The number of aromatic nitrogens is 2. The number of hydrogen-bond donors (Lipinski definition) is 2. The van der Waals surface area contributed by atoms with Crippen LogP contribution in [0.1, 0.15) is 66.4 Å². The van der Waals surface area contributed by atoms with E-state index in [4.69, 9.17) is 26.6 Å². The van der Waals surface area contributed by atoms with Gasteiger partial charge in [0.2, 0.25) is 5.82 Å². The number of carboxylic acids is 1. The average molecular weight is 557 g/mol. The molecule has 212 valence electrons. The zero-order chi connectivity index (χ0) is 28.8. The molecular formula is C30H41ClN4O4. The number of piperidine rings is 1. The lowest BCUT2D eigenvalue weighted by Crippen LogP contribution is -2.43. The maximum atomic E-state index is 11.7. The summed E-state index contributed by atoms with van der Waals surface area (Å²) in [6.45, 7) is 14.1. The van der Waals surface area contributed by atoms with Gasteiger partial charge < -0.3 is 20.1 Å². The van der Waals surface area contributed by atoms with E-state index >= 15 is 0 Å². The van der Waals surface area contributed by atoms with E-state index in [9.17, 15) is 9.90 Å². The maximum Gasteiger partial charge on any atom is 0.309 e. The molecule has 2 aromatic carbocycles. The third-order valence-corrected chi connectivity index (χ3v) is 6.82. The van der Waals surface area contributed by atoms with Crippen LogP contribution >= 0.6 is 11.6 Å². The number of ether oxygens (including phenoxy) is 1. The molecule has 0 atom stereocenters. The molecule has 4 rings (SSSR count). The number of carboxylic acid groups (broad SMARTS) is 1. The summed E-state index contributed by atoms with van der Waals surface area (Å²) in [6.07, 6.45) is 2.10. The van der Waals surface area contributed by atoms with E-state index in [2.05, 4.69) is 27.2 Å². The van der Waals surface area contributed by atoms with Crippen LogP contribution in [0.5, 0.6) is 5.75 Å². The highest BCUT2D eigenvalue weighted by Gasteiger charge is 2.39. The number of nitrogens with zero attached hydrogens (tertiary/aromatic N) is 3. The van der Waals surface area contributed by atoms with Crippen LogP contribution in [0.2, 0.25) is 5.02 Å². The van der Waals surface area contributed by atoms with Crippen LogP contribution < -0.4 is 10.5 Å². The molecule has 0 radical (unpaired) electrons. The molecule has 2 heterocycles. The number of carbonyl (C=O) groups is 1. The molecule has 9 heteroatoms. The first-order valence-electron chi connectivity index (χ1n) is 13.4. The highest BCUT2D eigenvalue weighted by atomic mass is 35.5. The SMILES string of the molecule is CC(C)(C)N.CCC1(C(=O)O)CCN(Cc2ccc(-c3noc(-c4ccc(OC(C)C)c(Cl)c4)n3)cc2)CC1. The van der Waals surface area contributed by atoms with Crippen LogP contribution in [0.3, 0.4) is 0 Å². The van der Waals surface area contributed by atoms with Crippen molar-refractivity contribution in [2.24, 2.45) is 11.1 Å². The minimum Gasteiger partial charge on any atom is -0.489 e. The van der Waals surface area contributed by atoms with E-state index < -0.39 is 11.4 Å². The number of benzene rings is 2. The van der Waals surface area contributed by atoms with Crippen LogP contribution in [0, 0.1) is 5.41 Å². The van der Waals surface area contributed by atoms with Crippen molar-refractivity contribution >= 4 is 17.6 Å². The Balaban J connectivity index is 0.000000771. The second-order valence-corrected chi connectivity index (χ2v) is 11.9. The first kappa shape index (κ1) is 30.6. The van der Waals surface area contributed by atoms with E-state index in [1.807, 2.05) is 59.7 Å². The number of halogens is 1. The van der Waals surface area contributed by atoms with Gasteiger partial charge in [-0.05, 0) is 90.7 Å². The Labute approximate surface area is 236 Å². The Kier molecular flexibility index (Phi) is 10.2. The van der Waals surface area contributed by atoms with Gasteiger partial charge in [0.05, 0.1) is 16.5 Å². The standard InChI is InChI=1S/C26H30ClN3O4.C4H11N/c1-4-26(25(31)32)11-13-30(14-12-26)16-18-5-7-19(8-6-18)23-28-24(34-29-23)20-9-10-22(21(27)15-20)33-17(2)3;1-4(2,3)5/h5-10,15,17H,4,11-14,16H2,1-3H3,(H,31,32);5H2,1-3H3. The lowest BCUT2D eigenvalue weighted by molar-refractivity contribution is -0.152. The predicted octanol–water partition coefficient (Wildman–Crippen LogP) is 6.66. The molecule has 8 nitrogen and oxygen atoms in total. The van der Waals surface area contributed by atoms with Crippen molar-refractivity contribution in [3.8, 4) is 28.6 Å². The zero-order valence-electron chi connectivity index (χ0n) is 23.8. The van der Waals surface area contributed by atoms with Crippen molar-refractivity contribution in [1.82, 2.24) is 15.0 Å². The van der Waals surface area contributed by atoms with Crippen molar-refractivity contribution in [1.29, 1.82) is 0 Å². The summed E-state index contributed by atoms with van der Waals surface area (Å²) in [5, 5.41) is 14.2. The fourth-order valence-corrected chi connectivity index (χ4v) is 4.54. The molecule has 3 aromatic rings. The van der Waals surface area contributed by atoms with E-state index in [0.29, 0.717) is 41.7 Å². The molecule has 1 fully saturated rings. The van der Waals surface area contributed by atoms with Gasteiger partial charge in [0, 0.05) is 23.2 Å². The quantitative estimate of drug-likeness (QED) is 0.316. The predicted molar refractivity (Wildman–Crippen MR) is 155 cm³/mol. The summed E-state index contributed by atoms with van der Waals surface area (Å²) in [5.74, 6) is 0.851. The molecular weight excluding hydrogens is 516 g/mol. The Morgan fingerprint density at radius 3 is 2.26 bits per heavy atom. The van der Waals surface area contributed by atoms with Crippen LogP contribution in [-0.4, -0.2) is 50.8 Å². The smallest absolute Gasteiger partial charge is 0.309 e. The first-order chi connectivity index (χ1) is 18.3. The van der Waals surface area contributed by atoms with Gasteiger partial charge in [-0.25, -0.2) is 0 Å². The molecule has 1 saturated heterocycles. The van der Waals surface area contributed by atoms with Crippen molar-refractivity contribution < 1.29 is 19.2 Å². The number of nitrogens with two attached hydrogens (primary N) is 1. The van der Waals surface area contributed by atoms with Gasteiger partial charge in [-0.15, -0.1) is 0 Å². The second kappa shape index (κ2) is 12.9. The van der Waals surface area contributed by atoms with Crippen LogP contribution in [0.15, 0.2) is 47.0 Å². The summed E-state index contributed by atoms with van der Waals surface area (Å²) in [5.41, 5.74) is 7.54. The molecule has 0 aliphatic carbocycles. The molecule has 39 heavy (non-hydrogen) atoms. The van der Waals surface area contributed by atoms with Crippen molar-refractivity contribution in [2.75, 3.05) is 13.1 Å². The highest BCUT2D eigenvalue weighted by molar-refractivity contribution is 6.32. The Morgan fingerprint density at radius 1 is 1.15 bits per heavy atom. The molecule has 0 amide bonds. The van der Waals surface area contributed by atoms with E-state index in [1.54, 1.807) is 12.1 Å². The van der Waals surface area contributed by atoms with Crippen LogP contribution in [0.25, 0.3) is 22.8 Å². The van der Waals surface area contributed by atoms with Gasteiger partial charge in [0.15, 0.2) is 0 Å². The molecule has 0 unspecified atom stereocenters. The molecule has 1 aliphatic rings. The fraction of sp³-hybridized carbons (Fsp3) is 0.500. The summed E-state index contributed by atoms with van der Waals surface area (Å²) < 4.78 is 11.1. The van der Waals surface area contributed by atoms with Crippen molar-refractivity contribution in [3.05, 3.63) is 53.1 Å². The molecule has 0 bridgehead atoms. The Bertz CT molecular complexity index is 1220. The summed E-state index contributed by atoms with van der Waals surface area (Å²) in [7, 11) is 0. The van der Waals surface area contributed by atoms with Gasteiger partial charge in [-0.3, -0.25) is 9.69 Å². The zero-order valence-corrected chi connectivity index (χ0v) is 24.6. The molecule has 0 spiro atoms. The highest BCUT2D eigenvalue weighted by Crippen LogP contribution is 2.36. The third kappa shape index (κ3) is 8.78. The second-order valence-electron chi connectivity index (χ2n) is 11.5. The molecule has 1 aliphatic heterocycles. The third-order valence-electron chi connectivity index (χ3n) is 6.53. The summed E-state index contributed by atoms with van der Waals surface area (Å²) in [4.78, 5) is 18.5. The summed E-state index contributed by atoms with van der Waals surface area (Å²) >= 11 is 6.34. The largest absolute Gasteiger partial charge is 0.489 e. The Morgan fingerprint density at radius 2 is 1.74 bits per heavy atom. The van der Waals surface area contributed by atoms with Gasteiger partial charge in [-0.1, -0.05) is 47.9 Å². The lowest BCUT2D eigenvalue weighted by atomic mass is 9.76. The first-order valence-corrected chi connectivity index (χ1v) is 13.8. The van der Waals surface area contributed by atoms with Gasteiger partial charge >= 0.3 is 5.97 Å². The van der Waals surface area contributed by atoms with Crippen molar-refractivity contribution in [3.63, 3.8) is 0 Å². The minimum absolute atomic E-state index is 0. The normalized spacial score (nSPS) is 15.5. The fourth-order valence-electron chi connectivity index (χ4n) is 4.32. The lowest BCUT2D eigenvalue weighted by Gasteiger charge is -2.38.